The van der Waals surface area contributed by atoms with Gasteiger partial charge in [-0.15, -0.1) is 0 Å². The second-order valence-electron chi connectivity index (χ2n) is 8.44. The van der Waals surface area contributed by atoms with Gasteiger partial charge >= 0.3 is 0 Å². The zero-order valence-corrected chi connectivity index (χ0v) is 15.7. The standard InChI is InChI=1S/C23H28FNO/c1-23(2)11-9-17(10-12-23)4-3-16-5-7-18(8-6-16)19-13-20(22(25)26)15-21(24)14-19/h5-8,13-15,17H,3-4,9-12H2,1-2H3,(H2,25,26). The zero-order chi connectivity index (χ0) is 18.7. The molecule has 3 heteroatoms. The highest BCUT2D eigenvalue weighted by atomic mass is 19.1. The third kappa shape index (κ3) is 4.72. The van der Waals surface area contributed by atoms with Crippen LogP contribution in [0.5, 0.6) is 0 Å². The second-order valence-corrected chi connectivity index (χ2v) is 8.44. The molecule has 2 N–H and O–H groups in total. The maximum atomic E-state index is 13.7. The van der Waals surface area contributed by atoms with Crippen molar-refractivity contribution in [2.75, 3.05) is 0 Å². The smallest absolute Gasteiger partial charge is 0.248 e. The lowest BCUT2D eigenvalue weighted by molar-refractivity contribution is 0.1000. The summed E-state index contributed by atoms with van der Waals surface area (Å²) in [5.74, 6) is -0.220. The summed E-state index contributed by atoms with van der Waals surface area (Å²) in [4.78, 5) is 11.3. The van der Waals surface area contributed by atoms with Gasteiger partial charge in [-0.25, -0.2) is 4.39 Å². The van der Waals surface area contributed by atoms with E-state index in [9.17, 15) is 9.18 Å². The Morgan fingerprint density at radius 1 is 1.08 bits per heavy atom. The fourth-order valence-corrected chi connectivity index (χ4v) is 3.88. The van der Waals surface area contributed by atoms with E-state index in [0.717, 1.165) is 17.9 Å². The van der Waals surface area contributed by atoms with Crippen LogP contribution < -0.4 is 5.73 Å². The van der Waals surface area contributed by atoms with Crippen LogP contribution in [0.4, 0.5) is 4.39 Å². The summed E-state index contributed by atoms with van der Waals surface area (Å²) in [5, 5.41) is 0. The highest BCUT2D eigenvalue weighted by Gasteiger charge is 2.26. The monoisotopic (exact) mass is 353 g/mol. The van der Waals surface area contributed by atoms with Gasteiger partial charge in [0.2, 0.25) is 5.91 Å². The maximum Gasteiger partial charge on any atom is 0.248 e. The Kier molecular flexibility index (Phi) is 5.45. The number of primary amides is 1. The fraction of sp³-hybridized carbons (Fsp3) is 0.435. The molecule has 26 heavy (non-hydrogen) atoms. The minimum absolute atomic E-state index is 0.198. The molecule has 2 aromatic rings. The largest absolute Gasteiger partial charge is 0.366 e. The molecular weight excluding hydrogens is 325 g/mol. The van der Waals surface area contributed by atoms with Crippen molar-refractivity contribution < 1.29 is 9.18 Å². The maximum absolute atomic E-state index is 13.7. The van der Waals surface area contributed by atoms with Gasteiger partial charge in [-0.1, -0.05) is 38.1 Å². The first-order valence-electron chi connectivity index (χ1n) is 9.52. The van der Waals surface area contributed by atoms with Crippen molar-refractivity contribution in [3.63, 3.8) is 0 Å². The molecule has 1 aliphatic rings. The van der Waals surface area contributed by atoms with Crippen LogP contribution in [0.2, 0.25) is 0 Å². The SMILES string of the molecule is CC1(C)CCC(CCc2ccc(-c3cc(F)cc(C(N)=O)c3)cc2)CC1. The Labute approximate surface area is 155 Å². The van der Waals surface area contributed by atoms with Crippen LogP contribution >= 0.6 is 0 Å². The molecule has 0 spiro atoms. The first-order chi connectivity index (χ1) is 12.3. The zero-order valence-electron chi connectivity index (χ0n) is 15.7. The summed E-state index contributed by atoms with van der Waals surface area (Å²) in [6.45, 7) is 4.75. The predicted molar refractivity (Wildman–Crippen MR) is 104 cm³/mol. The summed E-state index contributed by atoms with van der Waals surface area (Å²) in [6, 6.07) is 12.5. The lowest BCUT2D eigenvalue weighted by atomic mass is 9.72. The number of benzene rings is 2. The fourth-order valence-electron chi connectivity index (χ4n) is 3.88. The van der Waals surface area contributed by atoms with E-state index in [1.54, 1.807) is 6.07 Å². The average molecular weight is 353 g/mol. The Morgan fingerprint density at radius 3 is 2.35 bits per heavy atom. The Hall–Kier alpha value is -2.16. The molecular formula is C23H28FNO. The van der Waals surface area contributed by atoms with E-state index in [0.29, 0.717) is 11.0 Å². The number of carbonyl (C=O) groups excluding carboxylic acids is 1. The van der Waals surface area contributed by atoms with Crippen LogP contribution in [0.15, 0.2) is 42.5 Å². The molecule has 0 bridgehead atoms. The van der Waals surface area contributed by atoms with Crippen molar-refractivity contribution in [3.8, 4) is 11.1 Å². The van der Waals surface area contributed by atoms with Crippen molar-refractivity contribution in [2.24, 2.45) is 17.1 Å². The second kappa shape index (κ2) is 7.61. The van der Waals surface area contributed by atoms with Crippen molar-refractivity contribution in [2.45, 2.75) is 52.4 Å². The Morgan fingerprint density at radius 2 is 1.73 bits per heavy atom. The number of halogens is 1. The van der Waals surface area contributed by atoms with Gasteiger partial charge in [0.05, 0.1) is 0 Å². The average Bonchev–Trinajstić information content (AvgIpc) is 2.60. The molecule has 0 unspecified atom stereocenters. The molecule has 0 aliphatic heterocycles. The summed E-state index contributed by atoms with van der Waals surface area (Å²) >= 11 is 0. The molecule has 3 rings (SSSR count). The Balaban J connectivity index is 1.63. The van der Waals surface area contributed by atoms with Gasteiger partial charge in [-0.2, -0.15) is 0 Å². The van der Waals surface area contributed by atoms with Crippen LogP contribution in [-0.4, -0.2) is 5.91 Å². The van der Waals surface area contributed by atoms with E-state index in [4.69, 9.17) is 5.73 Å². The third-order valence-corrected chi connectivity index (χ3v) is 5.77. The van der Waals surface area contributed by atoms with Crippen LogP contribution in [0, 0.1) is 17.2 Å². The minimum Gasteiger partial charge on any atom is -0.366 e. The van der Waals surface area contributed by atoms with E-state index in [-0.39, 0.29) is 5.56 Å². The number of hydrogen-bond acceptors (Lipinski definition) is 1. The van der Waals surface area contributed by atoms with E-state index in [1.165, 1.54) is 49.8 Å². The lowest BCUT2D eigenvalue weighted by Gasteiger charge is -2.34. The van der Waals surface area contributed by atoms with Crippen LogP contribution in [0.25, 0.3) is 11.1 Å². The molecule has 0 heterocycles. The van der Waals surface area contributed by atoms with Crippen LogP contribution in [-0.2, 0) is 6.42 Å². The quantitative estimate of drug-likeness (QED) is 0.732. The molecule has 0 aromatic heterocycles. The number of nitrogens with two attached hydrogens (primary N) is 1. The summed E-state index contributed by atoms with van der Waals surface area (Å²) < 4.78 is 13.7. The van der Waals surface area contributed by atoms with Crippen molar-refractivity contribution in [1.29, 1.82) is 0 Å². The molecule has 138 valence electrons. The lowest BCUT2D eigenvalue weighted by Crippen LogP contribution is -2.21. The number of rotatable bonds is 5. The van der Waals surface area contributed by atoms with Gasteiger partial charge < -0.3 is 5.73 Å². The van der Waals surface area contributed by atoms with E-state index in [2.05, 4.69) is 26.0 Å². The van der Waals surface area contributed by atoms with Crippen molar-refractivity contribution >= 4 is 5.91 Å². The van der Waals surface area contributed by atoms with Crippen LogP contribution in [0.3, 0.4) is 0 Å². The van der Waals surface area contributed by atoms with E-state index >= 15 is 0 Å². The molecule has 0 atom stereocenters. The van der Waals surface area contributed by atoms with Gasteiger partial charge in [-0.05, 0) is 84.7 Å². The Bertz CT molecular complexity index is 769. The molecule has 2 aromatic carbocycles. The van der Waals surface area contributed by atoms with Gasteiger partial charge in [0.1, 0.15) is 5.82 Å². The van der Waals surface area contributed by atoms with Crippen molar-refractivity contribution in [1.82, 2.24) is 0 Å². The van der Waals surface area contributed by atoms with Gasteiger partial charge in [0, 0.05) is 5.56 Å². The molecule has 1 amide bonds. The van der Waals surface area contributed by atoms with Gasteiger partial charge in [-0.3, -0.25) is 4.79 Å². The van der Waals surface area contributed by atoms with Gasteiger partial charge in [0.25, 0.3) is 0 Å². The topological polar surface area (TPSA) is 43.1 Å². The summed E-state index contributed by atoms with van der Waals surface area (Å²) in [5.41, 5.74) is 8.88. The predicted octanol–water partition coefficient (Wildman–Crippen LogP) is 5.74. The third-order valence-electron chi connectivity index (χ3n) is 5.77. The number of amides is 1. The summed E-state index contributed by atoms with van der Waals surface area (Å²) in [7, 11) is 0. The highest BCUT2D eigenvalue weighted by molar-refractivity contribution is 5.94. The normalized spacial score (nSPS) is 17.2. The number of hydrogen-bond donors (Lipinski definition) is 1. The van der Waals surface area contributed by atoms with Crippen molar-refractivity contribution in [3.05, 3.63) is 59.4 Å². The molecule has 2 nitrogen and oxygen atoms in total. The minimum atomic E-state index is -0.613. The van der Waals surface area contributed by atoms with E-state index < -0.39 is 11.7 Å². The number of carbonyl (C=O) groups is 1. The first-order valence-corrected chi connectivity index (χ1v) is 9.52. The number of aryl methyl sites for hydroxylation is 1. The summed E-state index contributed by atoms with van der Waals surface area (Å²) in [6.07, 6.45) is 7.66. The molecule has 0 radical (unpaired) electrons. The molecule has 1 fully saturated rings. The first kappa shape index (κ1) is 18.6. The van der Waals surface area contributed by atoms with Gasteiger partial charge in [0.15, 0.2) is 0 Å². The molecule has 1 aliphatic carbocycles. The molecule has 0 saturated heterocycles. The molecule has 1 saturated carbocycles. The highest BCUT2D eigenvalue weighted by Crippen LogP contribution is 2.39. The van der Waals surface area contributed by atoms with E-state index in [1.807, 2.05) is 12.1 Å². The van der Waals surface area contributed by atoms with Crippen LogP contribution in [0.1, 0.15) is 61.9 Å².